The monoisotopic (exact) mass is 805 g/mol. The molecule has 4 aromatic rings. The molecular formula is C38H40BrN5O10. The summed E-state index contributed by atoms with van der Waals surface area (Å²) in [6.45, 7) is 9.85. The van der Waals surface area contributed by atoms with E-state index in [9.17, 15) is 38.4 Å². The molecule has 0 bridgehead atoms. The number of piperidine rings is 2. The van der Waals surface area contributed by atoms with Crippen molar-refractivity contribution in [1.29, 1.82) is 0 Å². The molecule has 0 aliphatic carbocycles. The third-order valence-corrected chi connectivity index (χ3v) is 8.87. The van der Waals surface area contributed by atoms with Gasteiger partial charge in [-0.25, -0.2) is 9.59 Å². The number of hydrogen-bond donors (Lipinski definition) is 1. The van der Waals surface area contributed by atoms with E-state index in [-0.39, 0.29) is 31.2 Å². The summed E-state index contributed by atoms with van der Waals surface area (Å²) in [5.74, 6) is -2.78. The van der Waals surface area contributed by atoms with E-state index in [4.69, 9.17) is 15.2 Å². The second-order valence-corrected chi connectivity index (χ2v) is 15.8. The van der Waals surface area contributed by atoms with Crippen molar-refractivity contribution in [2.45, 2.75) is 90.5 Å². The Bertz CT molecular complexity index is 2170. The topological polar surface area (TPSA) is 197 Å². The number of imide groups is 6. The van der Waals surface area contributed by atoms with Gasteiger partial charge in [-0.15, -0.1) is 0 Å². The largest absolute Gasteiger partial charge is 0.443 e. The van der Waals surface area contributed by atoms with Crippen LogP contribution < -0.4 is 16.9 Å². The van der Waals surface area contributed by atoms with Crippen LogP contribution in [0.25, 0.3) is 21.5 Å². The van der Waals surface area contributed by atoms with Gasteiger partial charge in [-0.1, -0.05) is 28.1 Å². The van der Waals surface area contributed by atoms with Crippen LogP contribution in [0.15, 0.2) is 75.0 Å². The van der Waals surface area contributed by atoms with E-state index in [2.05, 4.69) is 15.9 Å². The molecule has 2 aromatic heterocycles. The fourth-order valence-electron chi connectivity index (χ4n) is 6.00. The highest BCUT2D eigenvalue weighted by Crippen LogP contribution is 2.28. The number of carbonyl (C=O) groups excluding carboxylic acids is 6. The normalized spacial score (nSPS) is 18.1. The number of fused-ring (bicyclic) bond motifs is 2. The van der Waals surface area contributed by atoms with Gasteiger partial charge in [-0.2, -0.15) is 9.80 Å². The summed E-state index contributed by atoms with van der Waals surface area (Å²) in [5.41, 5.74) is 3.83. The van der Waals surface area contributed by atoms with Gasteiger partial charge >= 0.3 is 12.2 Å². The summed E-state index contributed by atoms with van der Waals surface area (Å²) >= 11 is 3.38. The molecule has 2 aromatic carbocycles. The number of aromatic nitrogens is 2. The van der Waals surface area contributed by atoms with Crippen LogP contribution in [0.5, 0.6) is 0 Å². The number of nitrogens with zero attached hydrogens (tertiary/aromatic N) is 4. The maximum Gasteiger partial charge on any atom is 0.424 e. The van der Waals surface area contributed by atoms with Crippen LogP contribution in [0.2, 0.25) is 0 Å². The first-order valence-electron chi connectivity index (χ1n) is 17.1. The third kappa shape index (κ3) is 8.76. The molecule has 2 fully saturated rings. The average Bonchev–Trinajstić information content (AvgIpc) is 3.04. The molecule has 2 N–H and O–H groups in total. The Morgan fingerprint density at radius 1 is 0.630 bits per heavy atom. The minimum Gasteiger partial charge on any atom is -0.443 e. The number of amides is 6. The molecule has 0 saturated carbocycles. The lowest BCUT2D eigenvalue weighted by atomic mass is 10.0. The van der Waals surface area contributed by atoms with E-state index < -0.39 is 64.7 Å². The number of pyridine rings is 2. The molecular weight excluding hydrogens is 766 g/mol. The molecule has 54 heavy (non-hydrogen) atoms. The average molecular weight is 807 g/mol. The molecule has 6 rings (SSSR count). The Morgan fingerprint density at radius 2 is 1.04 bits per heavy atom. The lowest BCUT2D eigenvalue weighted by Gasteiger charge is -2.31. The number of rotatable bonds is 2. The zero-order valence-electron chi connectivity index (χ0n) is 30.6. The van der Waals surface area contributed by atoms with Gasteiger partial charge < -0.3 is 24.3 Å². The van der Waals surface area contributed by atoms with Gasteiger partial charge in [-0.3, -0.25) is 28.8 Å². The van der Waals surface area contributed by atoms with Crippen molar-refractivity contribution in [2.24, 2.45) is 0 Å². The molecule has 0 spiro atoms. The molecule has 2 saturated heterocycles. The van der Waals surface area contributed by atoms with Gasteiger partial charge in [-0.05, 0) is 94.8 Å². The fourth-order valence-corrected chi connectivity index (χ4v) is 6.38. The number of ether oxygens (including phenoxy) is 2. The number of likely N-dealkylation sites (tertiary alicyclic amines) is 2. The van der Waals surface area contributed by atoms with Crippen molar-refractivity contribution in [3.05, 3.63) is 86.1 Å². The first kappa shape index (κ1) is 39.6. The Hall–Kier alpha value is -5.64. The molecule has 6 amide bonds. The lowest BCUT2D eigenvalue weighted by Crippen LogP contribution is -2.51. The van der Waals surface area contributed by atoms with Gasteiger partial charge in [0.05, 0.1) is 0 Å². The zero-order valence-corrected chi connectivity index (χ0v) is 32.2. The molecule has 15 nitrogen and oxygen atoms in total. The van der Waals surface area contributed by atoms with E-state index >= 15 is 0 Å². The first-order valence-corrected chi connectivity index (χ1v) is 17.9. The predicted octanol–water partition coefficient (Wildman–Crippen LogP) is 5.60. The molecule has 2 unspecified atom stereocenters. The standard InChI is InChI=1S/C19H19BrN2O5.C19H21N3O5/c2*1-19(2,3)27-18(26)22-15(23)7-6-14(17(22)25)21-10-12-8-13(20)5-4-11(12)9-16(21)24/h4-5,8-10,14H,6-7H2,1-3H3;4-5,8-10,14H,6-7,20H2,1-3H3. The number of halogens is 1. The molecule has 4 heterocycles. The van der Waals surface area contributed by atoms with Crippen LogP contribution in [0.3, 0.4) is 0 Å². The van der Waals surface area contributed by atoms with Gasteiger partial charge in [0.15, 0.2) is 0 Å². The number of benzene rings is 2. The maximum atomic E-state index is 12.9. The fraction of sp³-hybridized carbons (Fsp3) is 0.368. The number of anilines is 1. The Morgan fingerprint density at radius 3 is 1.46 bits per heavy atom. The predicted molar refractivity (Wildman–Crippen MR) is 201 cm³/mol. The van der Waals surface area contributed by atoms with Crippen molar-refractivity contribution < 1.29 is 38.2 Å². The Balaban J connectivity index is 0.000000208. The van der Waals surface area contributed by atoms with Gasteiger partial charge in [0.2, 0.25) is 11.8 Å². The molecule has 2 aliphatic heterocycles. The highest BCUT2D eigenvalue weighted by atomic mass is 79.9. The van der Waals surface area contributed by atoms with Crippen LogP contribution >= 0.6 is 15.9 Å². The minimum atomic E-state index is -1.03. The summed E-state index contributed by atoms with van der Waals surface area (Å²) in [5, 5.41) is 2.87. The van der Waals surface area contributed by atoms with Gasteiger partial charge in [0.1, 0.15) is 23.3 Å². The minimum absolute atomic E-state index is 0.0292. The smallest absolute Gasteiger partial charge is 0.424 e. The molecule has 0 radical (unpaired) electrons. The van der Waals surface area contributed by atoms with Gasteiger partial charge in [0, 0.05) is 52.9 Å². The lowest BCUT2D eigenvalue weighted by molar-refractivity contribution is -0.151. The summed E-state index contributed by atoms with van der Waals surface area (Å²) in [4.78, 5) is 101. The zero-order chi connectivity index (χ0) is 39.9. The molecule has 284 valence electrons. The Kier molecular flexibility index (Phi) is 11.0. The van der Waals surface area contributed by atoms with E-state index in [0.717, 1.165) is 15.2 Å². The summed E-state index contributed by atoms with van der Waals surface area (Å²) in [6, 6.07) is 11.5. The summed E-state index contributed by atoms with van der Waals surface area (Å²) < 4.78 is 13.7. The second-order valence-electron chi connectivity index (χ2n) is 14.9. The van der Waals surface area contributed by atoms with Crippen molar-refractivity contribution in [3.63, 3.8) is 0 Å². The van der Waals surface area contributed by atoms with E-state index in [1.807, 2.05) is 12.1 Å². The quantitative estimate of drug-likeness (QED) is 0.196. The molecule has 16 heteroatoms. The van der Waals surface area contributed by atoms with Crippen LogP contribution in [0.4, 0.5) is 15.3 Å². The Labute approximate surface area is 317 Å². The van der Waals surface area contributed by atoms with Crippen molar-refractivity contribution in [2.75, 3.05) is 5.73 Å². The second kappa shape index (κ2) is 15.0. The van der Waals surface area contributed by atoms with Crippen LogP contribution in [-0.4, -0.2) is 66.0 Å². The highest BCUT2D eigenvalue weighted by molar-refractivity contribution is 9.10. The number of nitrogens with two attached hydrogens (primary N) is 1. The summed E-state index contributed by atoms with van der Waals surface area (Å²) in [6.07, 6.45) is 1.27. The van der Waals surface area contributed by atoms with Crippen LogP contribution in [0.1, 0.15) is 79.3 Å². The summed E-state index contributed by atoms with van der Waals surface area (Å²) in [7, 11) is 0. The number of carbonyl (C=O) groups is 6. The SMILES string of the molecule is CC(C)(C)OC(=O)N1C(=O)CCC(n2cc3cc(Br)ccc3cc2=O)C1=O.CC(C)(C)OC(=O)N1C(=O)CCC(n2cc3cc(N)ccc3cc2=O)C1=O. The van der Waals surface area contributed by atoms with Gasteiger partial charge in [0.25, 0.3) is 22.9 Å². The number of nitrogen functional groups attached to an aromatic ring is 1. The highest BCUT2D eigenvalue weighted by Gasteiger charge is 2.43. The molecule has 2 atom stereocenters. The van der Waals surface area contributed by atoms with Crippen LogP contribution in [0, 0.1) is 0 Å². The van der Waals surface area contributed by atoms with Crippen molar-refractivity contribution in [3.8, 4) is 0 Å². The van der Waals surface area contributed by atoms with Crippen molar-refractivity contribution in [1.82, 2.24) is 18.9 Å². The molecule has 2 aliphatic rings. The van der Waals surface area contributed by atoms with E-state index in [0.29, 0.717) is 26.3 Å². The first-order chi connectivity index (χ1) is 25.1. The number of hydrogen-bond acceptors (Lipinski definition) is 11. The van der Waals surface area contributed by atoms with Crippen molar-refractivity contribution >= 4 is 79.0 Å². The van der Waals surface area contributed by atoms with E-state index in [1.165, 1.54) is 27.5 Å². The van der Waals surface area contributed by atoms with E-state index in [1.54, 1.807) is 72.0 Å². The van der Waals surface area contributed by atoms with Crippen LogP contribution in [-0.2, 0) is 28.7 Å². The third-order valence-electron chi connectivity index (χ3n) is 8.38. The maximum absolute atomic E-state index is 12.9.